The molecule has 2 rings (SSSR count). The number of nitriles is 1. The molecule has 0 unspecified atom stereocenters. The van der Waals surface area contributed by atoms with Gasteiger partial charge in [-0.25, -0.2) is 0 Å². The zero-order valence-electron chi connectivity index (χ0n) is 9.77. The van der Waals surface area contributed by atoms with Crippen LogP contribution in [0.4, 0.5) is 0 Å². The number of carbonyl (C=O) groups excluding carboxylic acids is 1. The molecule has 0 aromatic heterocycles. The molecule has 1 amide bonds. The molecule has 1 aromatic rings. The molecule has 1 aliphatic heterocycles. The molecule has 0 atom stereocenters. The third-order valence-electron chi connectivity index (χ3n) is 3.16. The minimum absolute atomic E-state index is 0.0311. The number of likely N-dealkylation sites (tertiary alicyclic amines) is 1. The summed E-state index contributed by atoms with van der Waals surface area (Å²) in [5.41, 5.74) is 0.466. The third kappa shape index (κ3) is 2.57. The topological polar surface area (TPSA) is 64.3 Å². The van der Waals surface area contributed by atoms with Crippen LogP contribution in [0.25, 0.3) is 0 Å². The Morgan fingerprint density at radius 1 is 1.44 bits per heavy atom. The number of hydrogen-bond acceptors (Lipinski definition) is 3. The largest absolute Gasteiger partial charge is 0.506 e. The summed E-state index contributed by atoms with van der Waals surface area (Å²) in [5, 5.41) is 18.3. The van der Waals surface area contributed by atoms with Gasteiger partial charge in [-0.05, 0) is 31.0 Å². The summed E-state index contributed by atoms with van der Waals surface area (Å²) in [6, 6.07) is 6.67. The number of benzene rings is 1. The lowest BCUT2D eigenvalue weighted by Crippen LogP contribution is -2.38. The van der Waals surface area contributed by atoms with Gasteiger partial charge in [0.25, 0.3) is 5.91 Å². The fraction of sp³-hybridized carbons (Fsp3) is 0.385. The summed E-state index contributed by atoms with van der Waals surface area (Å²) >= 11 is 5.78. The second kappa shape index (κ2) is 5.28. The van der Waals surface area contributed by atoms with E-state index in [1.54, 1.807) is 11.0 Å². The Labute approximate surface area is 110 Å². The minimum atomic E-state index is -0.103. The summed E-state index contributed by atoms with van der Waals surface area (Å²) < 4.78 is 0. The van der Waals surface area contributed by atoms with E-state index in [4.69, 9.17) is 16.9 Å². The fourth-order valence-corrected chi connectivity index (χ4v) is 2.21. The van der Waals surface area contributed by atoms with Gasteiger partial charge >= 0.3 is 0 Å². The van der Waals surface area contributed by atoms with Crippen molar-refractivity contribution in [3.05, 3.63) is 28.8 Å². The number of nitrogens with zero attached hydrogens (tertiary/aromatic N) is 2. The van der Waals surface area contributed by atoms with Crippen LogP contribution in [0, 0.1) is 17.2 Å². The van der Waals surface area contributed by atoms with E-state index in [1.807, 2.05) is 0 Å². The van der Waals surface area contributed by atoms with Crippen molar-refractivity contribution < 1.29 is 9.90 Å². The Hall–Kier alpha value is -1.73. The van der Waals surface area contributed by atoms with Crippen molar-refractivity contribution in [2.24, 2.45) is 5.92 Å². The number of carbonyl (C=O) groups is 1. The first-order chi connectivity index (χ1) is 8.61. The number of hydrogen-bond donors (Lipinski definition) is 1. The van der Waals surface area contributed by atoms with Gasteiger partial charge < -0.3 is 10.0 Å². The van der Waals surface area contributed by atoms with Crippen LogP contribution in [-0.4, -0.2) is 29.0 Å². The normalized spacial score (nSPS) is 16.3. The maximum atomic E-state index is 12.2. The monoisotopic (exact) mass is 264 g/mol. The second-order valence-corrected chi connectivity index (χ2v) is 4.77. The predicted molar refractivity (Wildman–Crippen MR) is 67.4 cm³/mol. The average Bonchev–Trinajstić information content (AvgIpc) is 2.41. The molecule has 0 radical (unpaired) electrons. The first kappa shape index (κ1) is 12.7. The number of phenols is 1. The van der Waals surface area contributed by atoms with E-state index in [0.717, 1.165) is 0 Å². The SMILES string of the molecule is N#CC1CCN(C(=O)c2ccc(O)c(Cl)c2)CC1. The standard InChI is InChI=1S/C13H13ClN2O2/c14-11-7-10(1-2-12(11)17)13(18)16-5-3-9(8-15)4-6-16/h1-2,7,9,17H,3-6H2. The lowest BCUT2D eigenvalue weighted by molar-refractivity contribution is 0.0707. The van der Waals surface area contributed by atoms with Gasteiger partial charge in [-0.15, -0.1) is 0 Å². The lowest BCUT2D eigenvalue weighted by atomic mass is 9.98. The van der Waals surface area contributed by atoms with Crippen LogP contribution in [0.3, 0.4) is 0 Å². The molecular weight excluding hydrogens is 252 g/mol. The number of halogens is 1. The van der Waals surface area contributed by atoms with E-state index in [1.165, 1.54) is 12.1 Å². The molecule has 1 saturated heterocycles. The summed E-state index contributed by atoms with van der Waals surface area (Å²) in [6.45, 7) is 1.19. The van der Waals surface area contributed by atoms with Crippen LogP contribution in [0.5, 0.6) is 5.75 Å². The molecule has 1 fully saturated rings. The zero-order valence-corrected chi connectivity index (χ0v) is 10.5. The van der Waals surface area contributed by atoms with Gasteiger partial charge in [-0.2, -0.15) is 5.26 Å². The molecule has 1 aromatic carbocycles. The van der Waals surface area contributed by atoms with Gasteiger partial charge in [0.15, 0.2) is 0 Å². The van der Waals surface area contributed by atoms with Crippen LogP contribution in [0.2, 0.25) is 5.02 Å². The predicted octanol–water partition coefficient (Wildman–Crippen LogP) is 2.42. The van der Waals surface area contributed by atoms with Crippen LogP contribution < -0.4 is 0 Å². The molecule has 1 aliphatic rings. The second-order valence-electron chi connectivity index (χ2n) is 4.36. The molecule has 1 N–H and O–H groups in total. The van der Waals surface area contributed by atoms with E-state index in [2.05, 4.69) is 6.07 Å². The molecule has 1 heterocycles. The van der Waals surface area contributed by atoms with Crippen molar-refractivity contribution >= 4 is 17.5 Å². The fourth-order valence-electron chi connectivity index (χ4n) is 2.03. The molecule has 0 saturated carbocycles. The first-order valence-corrected chi connectivity index (χ1v) is 6.17. The molecule has 0 spiro atoms. The Balaban J connectivity index is 2.08. The van der Waals surface area contributed by atoms with Gasteiger partial charge in [0.1, 0.15) is 5.75 Å². The van der Waals surface area contributed by atoms with Crippen molar-refractivity contribution in [2.45, 2.75) is 12.8 Å². The summed E-state index contributed by atoms with van der Waals surface area (Å²) in [6.07, 6.45) is 1.43. The molecule has 94 valence electrons. The number of phenolic OH excluding ortho intramolecular Hbond substituents is 1. The van der Waals surface area contributed by atoms with Crippen LogP contribution in [0.15, 0.2) is 18.2 Å². The Morgan fingerprint density at radius 2 is 2.11 bits per heavy atom. The average molecular weight is 265 g/mol. The van der Waals surface area contributed by atoms with Gasteiger partial charge in [0.2, 0.25) is 0 Å². The summed E-state index contributed by atoms with van der Waals surface area (Å²) in [7, 11) is 0. The first-order valence-electron chi connectivity index (χ1n) is 5.79. The maximum Gasteiger partial charge on any atom is 0.253 e. The number of rotatable bonds is 1. The smallest absolute Gasteiger partial charge is 0.253 e. The van der Waals surface area contributed by atoms with Gasteiger partial charge in [0, 0.05) is 24.6 Å². The Morgan fingerprint density at radius 3 is 2.67 bits per heavy atom. The molecule has 4 nitrogen and oxygen atoms in total. The van der Waals surface area contributed by atoms with Crippen LogP contribution in [-0.2, 0) is 0 Å². The maximum absolute atomic E-state index is 12.2. The van der Waals surface area contributed by atoms with Crippen LogP contribution in [0.1, 0.15) is 23.2 Å². The highest BCUT2D eigenvalue weighted by atomic mass is 35.5. The van der Waals surface area contributed by atoms with Crippen molar-refractivity contribution in [3.63, 3.8) is 0 Å². The van der Waals surface area contributed by atoms with Crippen molar-refractivity contribution in [3.8, 4) is 11.8 Å². The summed E-state index contributed by atoms with van der Waals surface area (Å²) in [4.78, 5) is 13.9. The van der Waals surface area contributed by atoms with E-state index < -0.39 is 0 Å². The van der Waals surface area contributed by atoms with Crippen molar-refractivity contribution in [1.29, 1.82) is 5.26 Å². The quantitative estimate of drug-likeness (QED) is 0.847. The molecule has 18 heavy (non-hydrogen) atoms. The highest BCUT2D eigenvalue weighted by molar-refractivity contribution is 6.32. The number of amides is 1. The van der Waals surface area contributed by atoms with E-state index in [0.29, 0.717) is 31.5 Å². The zero-order chi connectivity index (χ0) is 13.1. The Bertz CT molecular complexity index is 502. The van der Waals surface area contributed by atoms with E-state index >= 15 is 0 Å². The molecule has 5 heteroatoms. The van der Waals surface area contributed by atoms with Crippen molar-refractivity contribution in [1.82, 2.24) is 4.90 Å². The molecular formula is C13H13ClN2O2. The van der Waals surface area contributed by atoms with E-state index in [9.17, 15) is 9.90 Å². The minimum Gasteiger partial charge on any atom is -0.506 e. The molecule has 0 aliphatic carbocycles. The lowest BCUT2D eigenvalue weighted by Gasteiger charge is -2.29. The van der Waals surface area contributed by atoms with Gasteiger partial charge in [0.05, 0.1) is 11.1 Å². The van der Waals surface area contributed by atoms with Crippen molar-refractivity contribution in [2.75, 3.05) is 13.1 Å². The number of aromatic hydroxyl groups is 1. The van der Waals surface area contributed by atoms with Gasteiger partial charge in [-0.1, -0.05) is 11.6 Å². The van der Waals surface area contributed by atoms with Crippen LogP contribution >= 0.6 is 11.6 Å². The van der Waals surface area contributed by atoms with E-state index in [-0.39, 0.29) is 22.6 Å². The highest BCUT2D eigenvalue weighted by Crippen LogP contribution is 2.25. The highest BCUT2D eigenvalue weighted by Gasteiger charge is 2.23. The van der Waals surface area contributed by atoms with Gasteiger partial charge in [-0.3, -0.25) is 4.79 Å². The third-order valence-corrected chi connectivity index (χ3v) is 3.46. The summed E-state index contributed by atoms with van der Waals surface area (Å²) in [5.74, 6) is -0.0813. The Kier molecular flexibility index (Phi) is 3.73. The molecule has 0 bridgehead atoms. The number of piperidine rings is 1.